The lowest BCUT2D eigenvalue weighted by Gasteiger charge is -2.23. The molecule has 0 aromatic heterocycles. The second-order valence-electron chi connectivity index (χ2n) is 5.06. The molecule has 1 aromatic carbocycles. The minimum Gasteiger partial charge on any atom is -0.271 e. The van der Waals surface area contributed by atoms with E-state index in [0.29, 0.717) is 36.9 Å². The molecule has 2 rings (SSSR count). The van der Waals surface area contributed by atoms with Crippen molar-refractivity contribution in [3.8, 4) is 0 Å². The van der Waals surface area contributed by atoms with E-state index in [-0.39, 0.29) is 5.91 Å². The topological polar surface area (TPSA) is 70.7 Å². The van der Waals surface area contributed by atoms with Gasteiger partial charge in [-0.05, 0) is 30.5 Å². The van der Waals surface area contributed by atoms with Crippen molar-refractivity contribution in [1.82, 2.24) is 10.4 Å². The van der Waals surface area contributed by atoms with Crippen LogP contribution in [-0.2, 0) is 4.79 Å². The van der Waals surface area contributed by atoms with Gasteiger partial charge in [-0.15, -0.1) is 0 Å². The van der Waals surface area contributed by atoms with Gasteiger partial charge in [0.2, 0.25) is 0 Å². The highest BCUT2D eigenvalue weighted by Gasteiger charge is 2.29. The SMILES string of the molecule is C=C(CCCNN)C(=O)N1N=CCC1c1cc(F)cc(F)c1. The molecule has 22 heavy (non-hydrogen) atoms. The summed E-state index contributed by atoms with van der Waals surface area (Å²) in [6.07, 6.45) is 3.10. The lowest BCUT2D eigenvalue weighted by atomic mass is 10.0. The molecule has 1 atom stereocenters. The van der Waals surface area contributed by atoms with Crippen LogP contribution in [0, 0.1) is 11.6 Å². The van der Waals surface area contributed by atoms with Crippen LogP contribution in [0.15, 0.2) is 35.5 Å². The van der Waals surface area contributed by atoms with Crippen LogP contribution in [0.25, 0.3) is 0 Å². The van der Waals surface area contributed by atoms with E-state index < -0.39 is 17.7 Å². The Morgan fingerprint density at radius 2 is 2.09 bits per heavy atom. The number of hydrogen-bond donors (Lipinski definition) is 2. The Balaban J connectivity index is 2.11. The predicted molar refractivity (Wildman–Crippen MR) is 79.6 cm³/mol. The fourth-order valence-corrected chi connectivity index (χ4v) is 2.33. The van der Waals surface area contributed by atoms with E-state index in [2.05, 4.69) is 17.1 Å². The van der Waals surface area contributed by atoms with Crippen LogP contribution in [0.5, 0.6) is 0 Å². The van der Waals surface area contributed by atoms with Gasteiger partial charge in [0.1, 0.15) is 11.6 Å². The van der Waals surface area contributed by atoms with E-state index in [1.165, 1.54) is 17.1 Å². The molecule has 1 heterocycles. The van der Waals surface area contributed by atoms with Gasteiger partial charge in [-0.2, -0.15) is 5.10 Å². The Bertz CT molecular complexity index is 583. The van der Waals surface area contributed by atoms with Gasteiger partial charge in [0.15, 0.2) is 0 Å². The first kappa shape index (κ1) is 16.3. The fourth-order valence-electron chi connectivity index (χ4n) is 2.33. The van der Waals surface area contributed by atoms with Gasteiger partial charge >= 0.3 is 0 Å². The molecule has 5 nitrogen and oxygen atoms in total. The van der Waals surface area contributed by atoms with Gasteiger partial charge in [0.05, 0.1) is 6.04 Å². The van der Waals surface area contributed by atoms with Crippen molar-refractivity contribution in [2.75, 3.05) is 6.54 Å². The Morgan fingerprint density at radius 1 is 1.41 bits per heavy atom. The Hall–Kier alpha value is -2.12. The smallest absolute Gasteiger partial charge is 0.269 e. The van der Waals surface area contributed by atoms with E-state index in [1.54, 1.807) is 6.21 Å². The molecule has 0 saturated heterocycles. The normalized spacial score (nSPS) is 17.0. The van der Waals surface area contributed by atoms with Crippen LogP contribution < -0.4 is 11.3 Å². The quantitative estimate of drug-likeness (QED) is 0.365. The molecular weight excluding hydrogens is 290 g/mol. The van der Waals surface area contributed by atoms with Crippen molar-refractivity contribution >= 4 is 12.1 Å². The second-order valence-corrected chi connectivity index (χ2v) is 5.06. The molecular formula is C15H18F2N4O. The Kier molecular flexibility index (Phi) is 5.35. The van der Waals surface area contributed by atoms with E-state index in [4.69, 9.17) is 5.84 Å². The highest BCUT2D eigenvalue weighted by atomic mass is 19.1. The summed E-state index contributed by atoms with van der Waals surface area (Å²) in [5, 5.41) is 5.24. The van der Waals surface area contributed by atoms with Gasteiger partial charge in [0, 0.05) is 30.8 Å². The van der Waals surface area contributed by atoms with Gasteiger partial charge in [-0.1, -0.05) is 6.58 Å². The summed E-state index contributed by atoms with van der Waals surface area (Å²) in [6.45, 7) is 4.32. The number of carbonyl (C=O) groups is 1. The van der Waals surface area contributed by atoms with Gasteiger partial charge in [-0.3, -0.25) is 16.1 Å². The van der Waals surface area contributed by atoms with Crippen LogP contribution in [0.2, 0.25) is 0 Å². The number of nitrogens with zero attached hydrogens (tertiary/aromatic N) is 2. The maximum atomic E-state index is 13.4. The van der Waals surface area contributed by atoms with Crippen molar-refractivity contribution in [2.24, 2.45) is 10.9 Å². The summed E-state index contributed by atoms with van der Waals surface area (Å²) in [6, 6.07) is 2.71. The average molecular weight is 308 g/mol. The summed E-state index contributed by atoms with van der Waals surface area (Å²) in [4.78, 5) is 12.4. The number of nitrogens with two attached hydrogens (primary N) is 1. The molecule has 0 spiro atoms. The molecule has 1 unspecified atom stereocenters. The minimum absolute atomic E-state index is 0.347. The zero-order chi connectivity index (χ0) is 16.1. The largest absolute Gasteiger partial charge is 0.271 e. The standard InChI is InChI=1S/C15H18F2N4O/c1-10(3-2-5-19-18)15(22)21-14(4-6-20-21)11-7-12(16)9-13(17)8-11/h6-9,14,19H,1-5,18H2. The number of amides is 1. The van der Waals surface area contributed by atoms with Crippen molar-refractivity contribution in [3.05, 3.63) is 47.5 Å². The monoisotopic (exact) mass is 308 g/mol. The zero-order valence-corrected chi connectivity index (χ0v) is 12.1. The van der Waals surface area contributed by atoms with Crippen LogP contribution in [0.3, 0.4) is 0 Å². The summed E-state index contributed by atoms with van der Waals surface area (Å²) in [5.74, 6) is 3.47. The number of halogens is 2. The molecule has 118 valence electrons. The summed E-state index contributed by atoms with van der Waals surface area (Å²) >= 11 is 0. The summed E-state index contributed by atoms with van der Waals surface area (Å²) in [7, 11) is 0. The van der Waals surface area contributed by atoms with Crippen LogP contribution in [-0.4, -0.2) is 23.7 Å². The second kappa shape index (κ2) is 7.24. The number of benzene rings is 1. The van der Waals surface area contributed by atoms with Crippen molar-refractivity contribution in [3.63, 3.8) is 0 Å². The molecule has 1 aliphatic heterocycles. The molecule has 0 aliphatic carbocycles. The van der Waals surface area contributed by atoms with Crippen molar-refractivity contribution < 1.29 is 13.6 Å². The zero-order valence-electron chi connectivity index (χ0n) is 12.1. The minimum atomic E-state index is -0.679. The molecule has 0 bridgehead atoms. The molecule has 1 aromatic rings. The van der Waals surface area contributed by atoms with E-state index >= 15 is 0 Å². The van der Waals surface area contributed by atoms with E-state index in [9.17, 15) is 13.6 Å². The summed E-state index contributed by atoms with van der Waals surface area (Å²) in [5.41, 5.74) is 3.26. The molecule has 1 amide bonds. The highest BCUT2D eigenvalue weighted by molar-refractivity contribution is 5.94. The molecule has 0 radical (unpaired) electrons. The lowest BCUT2D eigenvalue weighted by Crippen LogP contribution is -2.29. The van der Waals surface area contributed by atoms with Crippen LogP contribution in [0.4, 0.5) is 8.78 Å². The maximum absolute atomic E-state index is 13.4. The van der Waals surface area contributed by atoms with Crippen molar-refractivity contribution in [1.29, 1.82) is 0 Å². The summed E-state index contributed by atoms with van der Waals surface area (Å²) < 4.78 is 26.7. The van der Waals surface area contributed by atoms with E-state index in [0.717, 1.165) is 6.07 Å². The fraction of sp³-hybridized carbons (Fsp3) is 0.333. The van der Waals surface area contributed by atoms with E-state index in [1.807, 2.05) is 0 Å². The molecule has 0 fully saturated rings. The number of hydrazone groups is 1. The number of nitrogens with one attached hydrogen (secondary N) is 1. The molecule has 0 saturated carbocycles. The Labute approximate surface area is 127 Å². The number of carbonyl (C=O) groups excluding carboxylic acids is 1. The van der Waals surface area contributed by atoms with Gasteiger partial charge in [-0.25, -0.2) is 13.8 Å². The van der Waals surface area contributed by atoms with Gasteiger partial charge < -0.3 is 0 Å². The first-order valence-corrected chi connectivity index (χ1v) is 6.96. The lowest BCUT2D eigenvalue weighted by molar-refractivity contribution is -0.129. The third-order valence-electron chi connectivity index (χ3n) is 3.41. The van der Waals surface area contributed by atoms with Gasteiger partial charge in [0.25, 0.3) is 5.91 Å². The number of hydrazine groups is 1. The first-order valence-electron chi connectivity index (χ1n) is 6.96. The van der Waals surface area contributed by atoms with Crippen LogP contribution >= 0.6 is 0 Å². The molecule has 3 N–H and O–H groups in total. The predicted octanol–water partition coefficient (Wildman–Crippen LogP) is 2.02. The number of rotatable bonds is 6. The maximum Gasteiger partial charge on any atom is 0.269 e. The Morgan fingerprint density at radius 3 is 2.73 bits per heavy atom. The third kappa shape index (κ3) is 3.75. The highest BCUT2D eigenvalue weighted by Crippen LogP contribution is 2.30. The third-order valence-corrected chi connectivity index (χ3v) is 3.41. The van der Waals surface area contributed by atoms with Crippen molar-refractivity contribution in [2.45, 2.75) is 25.3 Å². The van der Waals surface area contributed by atoms with Crippen LogP contribution in [0.1, 0.15) is 30.9 Å². The molecule has 1 aliphatic rings. The molecule has 7 heteroatoms. The average Bonchev–Trinajstić information content (AvgIpc) is 2.95. The number of hydrogen-bond acceptors (Lipinski definition) is 4. The first-order chi connectivity index (χ1) is 10.5.